The van der Waals surface area contributed by atoms with Crippen molar-refractivity contribution in [2.75, 3.05) is 20.2 Å². The van der Waals surface area contributed by atoms with E-state index in [-0.39, 0.29) is 5.91 Å². The molecule has 0 spiro atoms. The zero-order valence-corrected chi connectivity index (χ0v) is 13.6. The number of nitrogens with zero attached hydrogens (tertiary/aromatic N) is 3. The molecule has 0 radical (unpaired) electrons. The summed E-state index contributed by atoms with van der Waals surface area (Å²) in [7, 11) is 1.59. The van der Waals surface area contributed by atoms with Gasteiger partial charge in [0.25, 0.3) is 5.91 Å². The highest BCUT2D eigenvalue weighted by molar-refractivity contribution is 7.09. The number of amides is 1. The highest BCUT2D eigenvalue weighted by atomic mass is 32.1. The van der Waals surface area contributed by atoms with Crippen molar-refractivity contribution in [1.82, 2.24) is 14.9 Å². The van der Waals surface area contributed by atoms with E-state index in [4.69, 9.17) is 4.74 Å². The molecule has 0 aromatic carbocycles. The Labute approximate surface area is 134 Å². The topological polar surface area (TPSA) is 55.3 Å². The number of carbonyl (C=O) groups is 1. The van der Waals surface area contributed by atoms with Crippen molar-refractivity contribution in [2.24, 2.45) is 0 Å². The lowest BCUT2D eigenvalue weighted by Crippen LogP contribution is -2.39. The number of piperidine rings is 1. The molecule has 1 aliphatic heterocycles. The van der Waals surface area contributed by atoms with Gasteiger partial charge in [-0.05, 0) is 25.8 Å². The van der Waals surface area contributed by atoms with Gasteiger partial charge in [-0.15, -0.1) is 11.3 Å². The third-order valence-corrected chi connectivity index (χ3v) is 5.01. The molecular weight excluding hydrogens is 298 g/mol. The Kier molecular flexibility index (Phi) is 4.38. The fraction of sp³-hybridized carbons (Fsp3) is 0.438. The summed E-state index contributed by atoms with van der Waals surface area (Å²) in [5, 5.41) is 3.20. The predicted octanol–water partition coefficient (Wildman–Crippen LogP) is 2.87. The minimum Gasteiger partial charge on any atom is -0.497 e. The minimum absolute atomic E-state index is 0.0307. The van der Waals surface area contributed by atoms with Crippen LogP contribution in [0.15, 0.2) is 23.7 Å². The van der Waals surface area contributed by atoms with Crippen molar-refractivity contribution in [3.05, 3.63) is 40.1 Å². The van der Waals surface area contributed by atoms with Gasteiger partial charge in [0.15, 0.2) is 0 Å². The van der Waals surface area contributed by atoms with Crippen molar-refractivity contribution in [1.29, 1.82) is 0 Å². The number of hydrogen-bond acceptors (Lipinski definition) is 5. The van der Waals surface area contributed by atoms with Gasteiger partial charge in [0.05, 0.1) is 12.1 Å². The van der Waals surface area contributed by atoms with Crippen LogP contribution in [-0.4, -0.2) is 41.0 Å². The van der Waals surface area contributed by atoms with E-state index in [1.165, 1.54) is 0 Å². The lowest BCUT2D eigenvalue weighted by molar-refractivity contribution is 0.0700. The summed E-state index contributed by atoms with van der Waals surface area (Å²) >= 11 is 1.69. The number of ether oxygens (including phenoxy) is 1. The zero-order chi connectivity index (χ0) is 15.5. The van der Waals surface area contributed by atoms with Crippen LogP contribution in [0.4, 0.5) is 0 Å². The largest absolute Gasteiger partial charge is 0.497 e. The Morgan fingerprint density at radius 2 is 2.36 bits per heavy atom. The van der Waals surface area contributed by atoms with Crippen molar-refractivity contribution in [3.63, 3.8) is 0 Å². The van der Waals surface area contributed by atoms with Crippen LogP contribution in [0.3, 0.4) is 0 Å². The Balaban J connectivity index is 1.75. The molecule has 3 heterocycles. The second kappa shape index (κ2) is 6.44. The summed E-state index contributed by atoms with van der Waals surface area (Å²) in [6, 6.07) is 3.44. The van der Waals surface area contributed by atoms with Crippen LogP contribution in [-0.2, 0) is 0 Å². The maximum atomic E-state index is 12.6. The van der Waals surface area contributed by atoms with Gasteiger partial charge in [-0.25, -0.2) is 4.98 Å². The van der Waals surface area contributed by atoms with Gasteiger partial charge < -0.3 is 9.64 Å². The van der Waals surface area contributed by atoms with E-state index in [2.05, 4.69) is 15.3 Å². The van der Waals surface area contributed by atoms with Crippen LogP contribution in [0.2, 0.25) is 0 Å². The summed E-state index contributed by atoms with van der Waals surface area (Å²) in [5.41, 5.74) is 1.49. The highest BCUT2D eigenvalue weighted by Crippen LogP contribution is 2.29. The molecular formula is C16H19N3O2S. The van der Waals surface area contributed by atoms with E-state index in [9.17, 15) is 4.79 Å². The molecule has 1 aliphatic rings. The molecule has 5 nitrogen and oxygen atoms in total. The van der Waals surface area contributed by atoms with Gasteiger partial charge in [-0.3, -0.25) is 9.78 Å². The van der Waals surface area contributed by atoms with Crippen molar-refractivity contribution in [3.8, 4) is 5.75 Å². The van der Waals surface area contributed by atoms with Gasteiger partial charge in [-0.1, -0.05) is 0 Å². The van der Waals surface area contributed by atoms with Crippen molar-refractivity contribution >= 4 is 17.2 Å². The summed E-state index contributed by atoms with van der Waals surface area (Å²) in [4.78, 5) is 23.3. The molecule has 0 N–H and O–H groups in total. The van der Waals surface area contributed by atoms with Crippen LogP contribution in [0.1, 0.15) is 39.9 Å². The van der Waals surface area contributed by atoms with Crippen molar-refractivity contribution < 1.29 is 9.53 Å². The zero-order valence-electron chi connectivity index (χ0n) is 12.8. The van der Waals surface area contributed by atoms with Crippen LogP contribution in [0, 0.1) is 6.92 Å². The molecule has 1 saturated heterocycles. The summed E-state index contributed by atoms with van der Waals surface area (Å²) in [6.45, 7) is 3.50. The maximum Gasteiger partial charge on any atom is 0.272 e. The molecule has 0 unspecified atom stereocenters. The smallest absolute Gasteiger partial charge is 0.272 e. The number of aryl methyl sites for hydroxylation is 1. The molecule has 0 saturated carbocycles. The second-order valence-electron chi connectivity index (χ2n) is 5.50. The first-order valence-electron chi connectivity index (χ1n) is 7.38. The van der Waals surface area contributed by atoms with E-state index in [0.29, 0.717) is 23.9 Å². The van der Waals surface area contributed by atoms with Crippen LogP contribution < -0.4 is 4.74 Å². The molecule has 6 heteroatoms. The summed E-state index contributed by atoms with van der Waals surface area (Å²) in [6.07, 6.45) is 3.69. The maximum absolute atomic E-state index is 12.6. The Morgan fingerprint density at radius 1 is 1.50 bits per heavy atom. The van der Waals surface area contributed by atoms with Gasteiger partial charge in [0.2, 0.25) is 0 Å². The molecule has 0 bridgehead atoms. The Morgan fingerprint density at radius 3 is 3.09 bits per heavy atom. The highest BCUT2D eigenvalue weighted by Gasteiger charge is 2.27. The average molecular weight is 317 g/mol. The summed E-state index contributed by atoms with van der Waals surface area (Å²) < 4.78 is 5.17. The molecule has 1 atom stereocenters. The van der Waals surface area contributed by atoms with Crippen LogP contribution in [0.5, 0.6) is 5.75 Å². The fourth-order valence-corrected chi connectivity index (χ4v) is 3.67. The molecule has 2 aromatic heterocycles. The first-order chi connectivity index (χ1) is 10.7. The standard InChI is InChI=1S/C16H19N3O2S/c1-11-10-22-15(18-11)12-4-3-7-19(9-12)16(20)14-8-13(21-2)5-6-17-14/h5-6,8,10,12H,3-4,7,9H2,1-2H3/t12-/m1/s1. The van der Waals surface area contributed by atoms with Crippen LogP contribution >= 0.6 is 11.3 Å². The van der Waals surface area contributed by atoms with E-state index in [0.717, 1.165) is 30.1 Å². The van der Waals surface area contributed by atoms with Gasteiger partial charge in [0.1, 0.15) is 11.4 Å². The Hall–Kier alpha value is -1.95. The van der Waals surface area contributed by atoms with E-state index in [1.54, 1.807) is 36.8 Å². The first-order valence-corrected chi connectivity index (χ1v) is 8.26. The fourth-order valence-electron chi connectivity index (χ4n) is 2.74. The SMILES string of the molecule is COc1ccnc(C(=O)N2CCC[C@@H](c3nc(C)cs3)C2)c1. The van der Waals surface area contributed by atoms with E-state index < -0.39 is 0 Å². The van der Waals surface area contributed by atoms with Gasteiger partial charge >= 0.3 is 0 Å². The van der Waals surface area contributed by atoms with Gasteiger partial charge in [0, 0.05) is 42.3 Å². The quantitative estimate of drug-likeness (QED) is 0.873. The molecule has 1 amide bonds. The second-order valence-corrected chi connectivity index (χ2v) is 6.39. The Bertz CT molecular complexity index is 671. The summed E-state index contributed by atoms with van der Waals surface area (Å²) in [5.74, 6) is 0.960. The number of carbonyl (C=O) groups excluding carboxylic acids is 1. The number of aromatic nitrogens is 2. The molecule has 0 aliphatic carbocycles. The first kappa shape index (κ1) is 15.0. The number of hydrogen-bond donors (Lipinski definition) is 0. The monoisotopic (exact) mass is 317 g/mol. The average Bonchev–Trinajstić information content (AvgIpc) is 3.01. The number of pyridine rings is 1. The van der Waals surface area contributed by atoms with E-state index >= 15 is 0 Å². The molecule has 2 aromatic rings. The number of likely N-dealkylation sites (tertiary alicyclic amines) is 1. The van der Waals surface area contributed by atoms with Crippen molar-refractivity contribution in [2.45, 2.75) is 25.7 Å². The molecule has 3 rings (SSSR count). The number of thiazole rings is 1. The molecule has 116 valence electrons. The molecule has 1 fully saturated rings. The third kappa shape index (κ3) is 3.11. The predicted molar refractivity (Wildman–Crippen MR) is 85.5 cm³/mol. The van der Waals surface area contributed by atoms with Crippen LogP contribution in [0.25, 0.3) is 0 Å². The van der Waals surface area contributed by atoms with Gasteiger partial charge in [-0.2, -0.15) is 0 Å². The lowest BCUT2D eigenvalue weighted by Gasteiger charge is -2.31. The lowest BCUT2D eigenvalue weighted by atomic mass is 9.98. The number of rotatable bonds is 3. The normalized spacial score (nSPS) is 18.3. The number of methoxy groups -OCH3 is 1. The molecule has 22 heavy (non-hydrogen) atoms. The third-order valence-electron chi connectivity index (χ3n) is 3.88. The minimum atomic E-state index is -0.0307. The van der Waals surface area contributed by atoms with E-state index in [1.807, 2.05) is 11.8 Å².